The minimum Gasteiger partial charge on any atom is -0.406 e. The van der Waals surface area contributed by atoms with Gasteiger partial charge >= 0.3 is 12.4 Å². The van der Waals surface area contributed by atoms with E-state index in [1.54, 1.807) is 11.0 Å². The van der Waals surface area contributed by atoms with Crippen molar-refractivity contribution >= 4 is 29.2 Å². The number of benzene rings is 2. The molecular weight excluding hydrogens is 474 g/mol. The van der Waals surface area contributed by atoms with Crippen molar-refractivity contribution in [2.24, 2.45) is 0 Å². The normalized spacial score (nSPS) is 14.7. The third-order valence-corrected chi connectivity index (χ3v) is 4.95. The third-order valence-electron chi connectivity index (χ3n) is 4.95. The second-order valence-electron chi connectivity index (χ2n) is 7.65. The Hall–Kier alpha value is -3.71. The van der Waals surface area contributed by atoms with Crippen LogP contribution in [0.5, 0.6) is 5.75 Å². The number of hydrogen-bond donors (Lipinski definition) is 3. The van der Waals surface area contributed by atoms with Crippen molar-refractivity contribution in [2.75, 3.05) is 49.9 Å². The fourth-order valence-electron chi connectivity index (χ4n) is 3.33. The number of amides is 4. The Morgan fingerprint density at radius 2 is 1.40 bits per heavy atom. The van der Waals surface area contributed by atoms with Crippen molar-refractivity contribution in [1.82, 2.24) is 15.1 Å². The van der Waals surface area contributed by atoms with Gasteiger partial charge in [-0.25, -0.2) is 9.18 Å². The lowest BCUT2D eigenvalue weighted by atomic mass is 10.3. The van der Waals surface area contributed by atoms with Gasteiger partial charge in [0.15, 0.2) is 0 Å². The molecule has 13 heteroatoms. The van der Waals surface area contributed by atoms with Crippen LogP contribution < -0.4 is 20.7 Å². The number of urea groups is 1. The maximum absolute atomic E-state index is 13.6. The lowest BCUT2D eigenvalue weighted by Gasteiger charge is -2.33. The smallest absolute Gasteiger partial charge is 0.406 e. The van der Waals surface area contributed by atoms with E-state index in [2.05, 4.69) is 20.7 Å². The van der Waals surface area contributed by atoms with Gasteiger partial charge in [-0.05, 0) is 36.4 Å². The number of halogens is 4. The highest BCUT2D eigenvalue weighted by Gasteiger charge is 2.31. The van der Waals surface area contributed by atoms with Crippen LogP contribution in [0, 0.1) is 5.82 Å². The molecule has 2 aromatic rings. The molecule has 0 bridgehead atoms. The summed E-state index contributed by atoms with van der Waals surface area (Å²) in [5, 5.41) is 7.01. The maximum atomic E-state index is 13.6. The second-order valence-corrected chi connectivity index (χ2v) is 7.65. The molecule has 9 nitrogen and oxygen atoms in total. The van der Waals surface area contributed by atoms with Crippen molar-refractivity contribution in [1.29, 1.82) is 0 Å². The van der Waals surface area contributed by atoms with Crippen LogP contribution >= 0.6 is 0 Å². The van der Waals surface area contributed by atoms with Gasteiger partial charge in [-0.15, -0.1) is 13.2 Å². The number of carbonyl (C=O) groups is 3. The van der Waals surface area contributed by atoms with Gasteiger partial charge in [0.2, 0.25) is 11.8 Å². The van der Waals surface area contributed by atoms with E-state index < -0.39 is 24.1 Å². The number of carbonyl (C=O) groups excluding carboxylic acids is 3. The Morgan fingerprint density at radius 1 is 0.829 bits per heavy atom. The summed E-state index contributed by atoms with van der Waals surface area (Å²) >= 11 is 0. The molecule has 0 spiro atoms. The maximum Gasteiger partial charge on any atom is 0.573 e. The number of anilines is 2. The molecule has 2 aromatic carbocycles. The van der Waals surface area contributed by atoms with Crippen LogP contribution in [-0.2, 0) is 9.59 Å². The van der Waals surface area contributed by atoms with E-state index >= 15 is 0 Å². The molecule has 4 amide bonds. The number of rotatable bonds is 7. The van der Waals surface area contributed by atoms with Gasteiger partial charge < -0.3 is 15.4 Å². The summed E-state index contributed by atoms with van der Waals surface area (Å²) in [6.07, 6.45) is -4.79. The van der Waals surface area contributed by atoms with E-state index in [9.17, 15) is 31.9 Å². The first-order valence-electron chi connectivity index (χ1n) is 10.5. The van der Waals surface area contributed by atoms with Crippen LogP contribution in [0.15, 0.2) is 48.5 Å². The molecule has 0 radical (unpaired) electrons. The Labute approximate surface area is 198 Å². The predicted molar refractivity (Wildman–Crippen MR) is 118 cm³/mol. The number of piperazine rings is 1. The highest BCUT2D eigenvalue weighted by Crippen LogP contribution is 2.24. The summed E-state index contributed by atoms with van der Waals surface area (Å²) in [5.41, 5.74) is 0.281. The van der Waals surface area contributed by atoms with E-state index in [1.807, 2.05) is 4.90 Å². The molecule has 0 unspecified atom stereocenters. The number of ether oxygens (including phenoxy) is 1. The summed E-state index contributed by atoms with van der Waals surface area (Å²) in [6.45, 7) is 1.93. The molecule has 1 aliphatic rings. The average molecular weight is 497 g/mol. The highest BCUT2D eigenvalue weighted by atomic mass is 19.4. The first-order chi connectivity index (χ1) is 16.6. The number of nitrogens with zero attached hydrogens (tertiary/aromatic N) is 2. The zero-order chi connectivity index (χ0) is 25.4. The Morgan fingerprint density at radius 3 is 1.97 bits per heavy atom. The van der Waals surface area contributed by atoms with Gasteiger partial charge in [-0.3, -0.25) is 24.7 Å². The molecule has 1 aliphatic heterocycles. The largest absolute Gasteiger partial charge is 0.573 e. The molecule has 1 heterocycles. The van der Waals surface area contributed by atoms with Crippen LogP contribution in [-0.4, -0.2) is 73.3 Å². The quantitative estimate of drug-likeness (QED) is 0.509. The van der Waals surface area contributed by atoms with Crippen LogP contribution in [0.1, 0.15) is 0 Å². The zero-order valence-corrected chi connectivity index (χ0v) is 18.4. The van der Waals surface area contributed by atoms with Crippen molar-refractivity contribution < 1.29 is 36.7 Å². The Kier molecular flexibility index (Phi) is 8.60. The lowest BCUT2D eigenvalue weighted by molar-refractivity contribution is -0.274. The number of nitrogens with one attached hydrogen (secondary N) is 3. The summed E-state index contributed by atoms with van der Waals surface area (Å²) in [6, 6.07) is 9.54. The zero-order valence-electron chi connectivity index (χ0n) is 18.4. The van der Waals surface area contributed by atoms with Gasteiger partial charge in [0.05, 0.1) is 18.8 Å². The van der Waals surface area contributed by atoms with Gasteiger partial charge in [-0.1, -0.05) is 12.1 Å². The SMILES string of the molecule is O=C(CN1CCN(CC(=O)Nc2ccc(OC(F)(F)F)cc2)CC1)NC(=O)Nc1ccccc1F. The number of imide groups is 1. The summed E-state index contributed by atoms with van der Waals surface area (Å²) in [7, 11) is 0. The van der Waals surface area contributed by atoms with Crippen molar-refractivity contribution in [3.63, 3.8) is 0 Å². The molecule has 0 atom stereocenters. The van der Waals surface area contributed by atoms with Crippen molar-refractivity contribution in [2.45, 2.75) is 6.36 Å². The summed E-state index contributed by atoms with van der Waals surface area (Å²) in [5.74, 6) is -1.91. The molecular formula is C22H23F4N5O4. The standard InChI is InChI=1S/C22H23F4N5O4/c23-17-3-1-2-4-18(17)28-21(34)29-20(33)14-31-11-9-30(10-12-31)13-19(32)27-15-5-7-16(8-6-15)35-22(24,25)26/h1-8H,9-14H2,(H,27,32)(H2,28,29,33,34). The molecule has 3 rings (SSSR count). The Balaban J connectivity index is 1.35. The monoisotopic (exact) mass is 497 g/mol. The van der Waals surface area contributed by atoms with E-state index in [-0.39, 0.29) is 30.4 Å². The summed E-state index contributed by atoms with van der Waals surface area (Å²) < 4.78 is 54.0. The lowest BCUT2D eigenvalue weighted by Crippen LogP contribution is -2.51. The minimum atomic E-state index is -4.79. The van der Waals surface area contributed by atoms with Gasteiger partial charge in [0.25, 0.3) is 0 Å². The van der Waals surface area contributed by atoms with Crippen LogP contribution in [0.2, 0.25) is 0 Å². The molecule has 3 N–H and O–H groups in total. The number of alkyl halides is 3. The molecule has 1 fully saturated rings. The van der Waals surface area contributed by atoms with Crippen molar-refractivity contribution in [3.8, 4) is 5.75 Å². The summed E-state index contributed by atoms with van der Waals surface area (Å²) in [4.78, 5) is 39.9. The molecule has 188 valence electrons. The van der Waals surface area contributed by atoms with E-state index in [0.29, 0.717) is 31.9 Å². The minimum absolute atomic E-state index is 0.0446. The Bertz CT molecular complexity index is 1040. The fourth-order valence-corrected chi connectivity index (χ4v) is 3.33. The highest BCUT2D eigenvalue weighted by molar-refractivity contribution is 6.01. The van der Waals surface area contributed by atoms with E-state index in [1.165, 1.54) is 30.3 Å². The molecule has 35 heavy (non-hydrogen) atoms. The van der Waals surface area contributed by atoms with Gasteiger partial charge in [0.1, 0.15) is 11.6 Å². The average Bonchev–Trinajstić information content (AvgIpc) is 2.77. The third kappa shape index (κ3) is 8.87. The predicted octanol–water partition coefficient (Wildman–Crippen LogP) is 2.63. The van der Waals surface area contributed by atoms with Gasteiger partial charge in [0, 0.05) is 31.9 Å². The van der Waals surface area contributed by atoms with E-state index in [4.69, 9.17) is 0 Å². The molecule has 0 saturated carbocycles. The van der Waals surface area contributed by atoms with Gasteiger partial charge in [-0.2, -0.15) is 0 Å². The van der Waals surface area contributed by atoms with Crippen molar-refractivity contribution in [3.05, 3.63) is 54.3 Å². The van der Waals surface area contributed by atoms with Crippen LogP contribution in [0.4, 0.5) is 33.7 Å². The number of hydrogen-bond acceptors (Lipinski definition) is 6. The molecule has 0 aliphatic carbocycles. The van der Waals surface area contributed by atoms with Crippen LogP contribution in [0.3, 0.4) is 0 Å². The van der Waals surface area contributed by atoms with E-state index in [0.717, 1.165) is 12.1 Å². The second kappa shape index (κ2) is 11.6. The topological polar surface area (TPSA) is 103 Å². The first kappa shape index (κ1) is 25.9. The first-order valence-corrected chi connectivity index (χ1v) is 10.5. The number of para-hydroxylation sites is 1. The molecule has 1 saturated heterocycles. The van der Waals surface area contributed by atoms with Crippen LogP contribution in [0.25, 0.3) is 0 Å². The molecule has 0 aromatic heterocycles. The fraction of sp³-hybridized carbons (Fsp3) is 0.318.